The lowest BCUT2D eigenvalue weighted by Crippen LogP contribution is -2.20. The fourth-order valence-electron chi connectivity index (χ4n) is 1.23. The van der Waals surface area contributed by atoms with Crippen LogP contribution in [0.15, 0.2) is 18.2 Å². The molecule has 3 N–H and O–H groups in total. The van der Waals surface area contributed by atoms with Crippen LogP contribution in [0.1, 0.15) is 29.3 Å². The molecule has 0 saturated carbocycles. The molecule has 1 rings (SSSR count). The molecule has 0 aliphatic carbocycles. The highest BCUT2D eigenvalue weighted by molar-refractivity contribution is 5.88. The van der Waals surface area contributed by atoms with Crippen LogP contribution in [0.3, 0.4) is 0 Å². The number of phenols is 1. The Morgan fingerprint density at radius 2 is 2.11 bits per heavy atom. The zero-order chi connectivity index (χ0) is 13.5. The number of aromatic carboxylic acids is 1. The quantitative estimate of drug-likeness (QED) is 0.548. The molecular weight excluding hydrogens is 234 g/mol. The lowest BCUT2D eigenvalue weighted by Gasteiger charge is -1.99. The predicted molar refractivity (Wildman–Crippen MR) is 65.2 cm³/mol. The summed E-state index contributed by atoms with van der Waals surface area (Å²) < 4.78 is 0. The Kier molecular flexibility index (Phi) is 4.76. The van der Waals surface area contributed by atoms with Gasteiger partial charge in [-0.2, -0.15) is 0 Å². The molecule has 0 bridgehead atoms. The van der Waals surface area contributed by atoms with Crippen molar-refractivity contribution in [3.63, 3.8) is 0 Å². The molecule has 0 atom stereocenters. The van der Waals surface area contributed by atoms with Gasteiger partial charge in [0.25, 0.3) is 0 Å². The first-order valence-corrected chi connectivity index (χ1v) is 5.30. The molecular formula is C13H13NO4. The van der Waals surface area contributed by atoms with E-state index in [2.05, 4.69) is 17.2 Å². The third-order valence-electron chi connectivity index (χ3n) is 2.09. The number of aromatic hydroxyl groups is 1. The minimum atomic E-state index is -1.07. The summed E-state index contributed by atoms with van der Waals surface area (Å²) in [5.41, 5.74) is 0.330. The maximum absolute atomic E-state index is 10.7. The first-order valence-electron chi connectivity index (χ1n) is 5.30. The van der Waals surface area contributed by atoms with Gasteiger partial charge in [-0.05, 0) is 18.2 Å². The molecule has 18 heavy (non-hydrogen) atoms. The van der Waals surface area contributed by atoms with Crippen molar-refractivity contribution >= 4 is 11.9 Å². The minimum absolute atomic E-state index is 0.0629. The predicted octanol–water partition coefficient (Wildman–Crippen LogP) is 0.968. The van der Waals surface area contributed by atoms with Crippen LogP contribution in [0.25, 0.3) is 0 Å². The molecule has 94 valence electrons. The van der Waals surface area contributed by atoms with Gasteiger partial charge in [0, 0.05) is 19.9 Å². The fourth-order valence-corrected chi connectivity index (χ4v) is 1.23. The number of benzene rings is 1. The highest BCUT2D eigenvalue weighted by Gasteiger charge is 2.05. The minimum Gasteiger partial charge on any atom is -0.507 e. The molecule has 0 saturated heterocycles. The third-order valence-corrected chi connectivity index (χ3v) is 2.09. The van der Waals surface area contributed by atoms with Crippen LogP contribution in [-0.2, 0) is 4.79 Å². The fraction of sp³-hybridized carbons (Fsp3) is 0.231. The Hall–Kier alpha value is -2.48. The number of rotatable bonds is 3. The lowest BCUT2D eigenvalue weighted by atomic mass is 10.1. The Morgan fingerprint density at radius 1 is 1.39 bits per heavy atom. The van der Waals surface area contributed by atoms with E-state index in [4.69, 9.17) is 5.11 Å². The summed E-state index contributed by atoms with van der Waals surface area (Å²) in [6.45, 7) is 1.83. The second kappa shape index (κ2) is 6.30. The van der Waals surface area contributed by atoms with E-state index in [9.17, 15) is 14.7 Å². The topological polar surface area (TPSA) is 86.6 Å². The number of carbonyl (C=O) groups excluding carboxylic acids is 1. The van der Waals surface area contributed by atoms with E-state index >= 15 is 0 Å². The van der Waals surface area contributed by atoms with Crippen LogP contribution < -0.4 is 5.32 Å². The Morgan fingerprint density at radius 3 is 2.72 bits per heavy atom. The van der Waals surface area contributed by atoms with E-state index < -0.39 is 5.97 Å². The molecule has 1 amide bonds. The monoisotopic (exact) mass is 247 g/mol. The normalized spacial score (nSPS) is 9.17. The van der Waals surface area contributed by atoms with Gasteiger partial charge >= 0.3 is 5.97 Å². The van der Waals surface area contributed by atoms with Gasteiger partial charge in [-0.3, -0.25) is 4.79 Å². The molecule has 0 aromatic heterocycles. The number of carboxylic acids is 1. The van der Waals surface area contributed by atoms with Gasteiger partial charge < -0.3 is 15.5 Å². The van der Waals surface area contributed by atoms with Gasteiger partial charge in [-0.15, -0.1) is 0 Å². The zero-order valence-corrected chi connectivity index (χ0v) is 9.86. The van der Waals surface area contributed by atoms with Crippen molar-refractivity contribution in [3.05, 3.63) is 29.3 Å². The smallest absolute Gasteiger partial charge is 0.335 e. The molecule has 5 nitrogen and oxygen atoms in total. The molecule has 0 radical (unpaired) electrons. The van der Waals surface area contributed by atoms with Crippen LogP contribution >= 0.6 is 0 Å². The first kappa shape index (κ1) is 13.6. The summed E-state index contributed by atoms with van der Waals surface area (Å²) in [6, 6.07) is 3.91. The van der Waals surface area contributed by atoms with Gasteiger partial charge in [0.1, 0.15) is 5.75 Å². The Bertz CT molecular complexity index is 526. The van der Waals surface area contributed by atoms with Crippen molar-refractivity contribution in [2.45, 2.75) is 13.3 Å². The van der Waals surface area contributed by atoms with Crippen molar-refractivity contribution < 1.29 is 19.8 Å². The van der Waals surface area contributed by atoms with Gasteiger partial charge in [0.2, 0.25) is 5.91 Å². The van der Waals surface area contributed by atoms with E-state index in [0.717, 1.165) is 0 Å². The second-order valence-electron chi connectivity index (χ2n) is 3.57. The van der Waals surface area contributed by atoms with Crippen molar-refractivity contribution in [2.75, 3.05) is 6.54 Å². The molecule has 1 aromatic rings. The number of amides is 1. The SMILES string of the molecule is CC(=O)NCCC#Cc1cc(C(=O)O)ccc1O. The molecule has 0 spiro atoms. The van der Waals surface area contributed by atoms with Crippen LogP contribution in [0, 0.1) is 11.8 Å². The summed E-state index contributed by atoms with van der Waals surface area (Å²) in [4.78, 5) is 21.3. The van der Waals surface area contributed by atoms with Gasteiger partial charge in [-0.1, -0.05) is 11.8 Å². The maximum atomic E-state index is 10.7. The van der Waals surface area contributed by atoms with Crippen molar-refractivity contribution in [1.29, 1.82) is 0 Å². The van der Waals surface area contributed by atoms with E-state index in [1.165, 1.54) is 25.1 Å². The number of carboxylic acid groups (broad SMARTS) is 1. The standard InChI is InChI=1S/C13H13NO4/c1-9(15)14-7-3-2-4-10-8-11(13(17)18)5-6-12(10)16/h5-6,8,16H,3,7H2,1H3,(H,14,15)(H,17,18). The number of phenolic OH excluding ortho intramolecular Hbond substituents is 1. The second-order valence-corrected chi connectivity index (χ2v) is 3.57. The molecule has 0 unspecified atom stereocenters. The number of nitrogens with one attached hydrogen (secondary N) is 1. The summed E-state index contributed by atoms with van der Waals surface area (Å²) in [5.74, 6) is 4.15. The largest absolute Gasteiger partial charge is 0.507 e. The average molecular weight is 247 g/mol. The Balaban J connectivity index is 2.71. The molecule has 0 aliphatic rings. The van der Waals surface area contributed by atoms with Crippen LogP contribution in [-0.4, -0.2) is 28.6 Å². The van der Waals surface area contributed by atoms with Crippen molar-refractivity contribution in [1.82, 2.24) is 5.32 Å². The van der Waals surface area contributed by atoms with Crippen LogP contribution in [0.5, 0.6) is 5.75 Å². The molecule has 0 heterocycles. The summed E-state index contributed by atoms with van der Waals surface area (Å²) >= 11 is 0. The highest BCUT2D eigenvalue weighted by atomic mass is 16.4. The van der Waals surface area contributed by atoms with Crippen LogP contribution in [0.2, 0.25) is 0 Å². The van der Waals surface area contributed by atoms with Crippen molar-refractivity contribution in [2.24, 2.45) is 0 Å². The third kappa shape index (κ3) is 4.18. The van der Waals surface area contributed by atoms with E-state index in [1.807, 2.05) is 0 Å². The van der Waals surface area contributed by atoms with Crippen LogP contribution in [0.4, 0.5) is 0 Å². The molecule has 0 fully saturated rings. The van der Waals surface area contributed by atoms with Gasteiger partial charge in [0.15, 0.2) is 0 Å². The van der Waals surface area contributed by atoms with Gasteiger partial charge in [0.05, 0.1) is 11.1 Å². The maximum Gasteiger partial charge on any atom is 0.335 e. The summed E-state index contributed by atoms with van der Waals surface area (Å²) in [7, 11) is 0. The van der Waals surface area contributed by atoms with E-state index in [0.29, 0.717) is 13.0 Å². The van der Waals surface area contributed by atoms with E-state index in [-0.39, 0.29) is 22.8 Å². The number of hydrogen-bond acceptors (Lipinski definition) is 3. The Labute approximate surface area is 104 Å². The zero-order valence-electron chi connectivity index (χ0n) is 9.86. The van der Waals surface area contributed by atoms with Gasteiger partial charge in [-0.25, -0.2) is 4.79 Å². The summed E-state index contributed by atoms with van der Waals surface area (Å²) in [6.07, 6.45) is 0.427. The molecule has 1 aromatic carbocycles. The first-order chi connectivity index (χ1) is 8.50. The lowest BCUT2D eigenvalue weighted by molar-refractivity contribution is -0.118. The average Bonchev–Trinajstić information content (AvgIpc) is 2.30. The highest BCUT2D eigenvalue weighted by Crippen LogP contribution is 2.17. The van der Waals surface area contributed by atoms with E-state index in [1.54, 1.807) is 0 Å². The molecule has 0 aliphatic heterocycles. The number of carbonyl (C=O) groups is 2. The molecule has 5 heteroatoms. The van der Waals surface area contributed by atoms with Crippen molar-refractivity contribution in [3.8, 4) is 17.6 Å². The summed E-state index contributed by atoms with van der Waals surface area (Å²) in [5, 5.41) is 20.9. The number of hydrogen-bond donors (Lipinski definition) is 3.